The monoisotopic (exact) mass is 316 g/mol. The van der Waals surface area contributed by atoms with Crippen LogP contribution in [0.2, 0.25) is 0 Å². The molecule has 3 heterocycles. The van der Waals surface area contributed by atoms with Crippen molar-refractivity contribution in [2.45, 2.75) is 44.2 Å². The van der Waals surface area contributed by atoms with Crippen LogP contribution in [0.1, 0.15) is 52.9 Å². The van der Waals surface area contributed by atoms with Gasteiger partial charge in [-0.05, 0) is 25.7 Å². The Labute approximate surface area is 133 Å². The van der Waals surface area contributed by atoms with Crippen LogP contribution in [-0.4, -0.2) is 55.9 Å². The minimum atomic E-state index is -0.147. The summed E-state index contributed by atoms with van der Waals surface area (Å²) in [7, 11) is 1.67. The molecule has 0 spiro atoms. The maximum absolute atomic E-state index is 13.1. The van der Waals surface area contributed by atoms with Crippen molar-refractivity contribution in [2.75, 3.05) is 13.7 Å². The first kappa shape index (κ1) is 14.4. The molecule has 2 aliphatic rings. The van der Waals surface area contributed by atoms with Gasteiger partial charge in [-0.3, -0.25) is 15.0 Å². The number of methoxy groups -OCH3 is 1. The molecule has 1 fully saturated rings. The third-order valence-electron chi connectivity index (χ3n) is 4.87. The first-order chi connectivity index (χ1) is 11.3. The maximum atomic E-state index is 13.1. The van der Waals surface area contributed by atoms with Crippen molar-refractivity contribution < 1.29 is 9.53 Å². The summed E-state index contributed by atoms with van der Waals surface area (Å²) in [6.45, 7) is 0.544. The third-order valence-corrected chi connectivity index (χ3v) is 4.87. The summed E-state index contributed by atoms with van der Waals surface area (Å²) in [5, 5.41) is 14.1. The lowest BCUT2D eigenvalue weighted by Crippen LogP contribution is -2.33. The maximum Gasteiger partial charge on any atom is 0.275 e. The van der Waals surface area contributed by atoms with Crippen LogP contribution in [0, 0.1) is 0 Å². The summed E-state index contributed by atoms with van der Waals surface area (Å²) >= 11 is 0. The van der Waals surface area contributed by atoms with E-state index in [4.69, 9.17) is 4.74 Å². The Hall–Kier alpha value is -2.22. The van der Waals surface area contributed by atoms with Crippen LogP contribution in [0.4, 0.5) is 0 Å². The van der Waals surface area contributed by atoms with E-state index in [9.17, 15) is 4.79 Å². The zero-order valence-corrected chi connectivity index (χ0v) is 13.1. The van der Waals surface area contributed by atoms with Gasteiger partial charge in [0.1, 0.15) is 12.2 Å². The number of nitrogens with one attached hydrogen (secondary N) is 2. The molecule has 0 saturated carbocycles. The molecule has 0 unspecified atom stereocenters. The Bertz CT molecular complexity index is 695. The molecule has 1 saturated heterocycles. The lowest BCUT2D eigenvalue weighted by atomic mass is 9.95. The highest BCUT2D eigenvalue weighted by molar-refractivity contribution is 5.94. The van der Waals surface area contributed by atoms with Crippen molar-refractivity contribution in [2.24, 2.45) is 0 Å². The standard InChI is InChI=1S/C15H20N6O2/c1-23-9-6-12(14-16-8-17-20-14)21(7-9)15(22)13-10-4-2-3-5-11(10)18-19-13/h8-9,12H,2-7H2,1H3,(H,18,19)(H,16,17,20)/t9-,12+/m1/s1. The number of rotatable bonds is 3. The number of carbonyl (C=O) groups excluding carboxylic acids is 1. The summed E-state index contributed by atoms with van der Waals surface area (Å²) < 4.78 is 5.47. The van der Waals surface area contributed by atoms with E-state index in [-0.39, 0.29) is 18.1 Å². The van der Waals surface area contributed by atoms with E-state index >= 15 is 0 Å². The number of hydrogen-bond donors (Lipinski definition) is 2. The van der Waals surface area contributed by atoms with Crippen LogP contribution >= 0.6 is 0 Å². The molecule has 2 atom stereocenters. The van der Waals surface area contributed by atoms with Gasteiger partial charge in [0.25, 0.3) is 5.91 Å². The van der Waals surface area contributed by atoms with Crippen molar-refractivity contribution in [3.8, 4) is 0 Å². The summed E-state index contributed by atoms with van der Waals surface area (Å²) in [4.78, 5) is 19.1. The van der Waals surface area contributed by atoms with Gasteiger partial charge >= 0.3 is 0 Å². The summed E-state index contributed by atoms with van der Waals surface area (Å²) in [6.07, 6.45) is 6.34. The normalized spacial score (nSPS) is 24.0. The van der Waals surface area contributed by atoms with E-state index in [2.05, 4.69) is 25.4 Å². The molecule has 0 aromatic carbocycles. The van der Waals surface area contributed by atoms with Gasteiger partial charge in [-0.15, -0.1) is 0 Å². The van der Waals surface area contributed by atoms with Crippen molar-refractivity contribution in [3.63, 3.8) is 0 Å². The van der Waals surface area contributed by atoms with E-state index in [1.165, 1.54) is 6.33 Å². The van der Waals surface area contributed by atoms with E-state index in [0.29, 0.717) is 24.5 Å². The fraction of sp³-hybridized carbons (Fsp3) is 0.600. The first-order valence-electron chi connectivity index (χ1n) is 8.03. The lowest BCUT2D eigenvalue weighted by molar-refractivity contribution is 0.0677. The molecule has 1 aliphatic carbocycles. The number of carbonyl (C=O) groups is 1. The second-order valence-electron chi connectivity index (χ2n) is 6.17. The molecule has 8 heteroatoms. The Kier molecular flexibility index (Phi) is 3.60. The molecule has 2 N–H and O–H groups in total. The zero-order chi connectivity index (χ0) is 15.8. The van der Waals surface area contributed by atoms with Gasteiger partial charge in [0, 0.05) is 31.3 Å². The largest absolute Gasteiger partial charge is 0.380 e. The Morgan fingerprint density at radius 3 is 3.00 bits per heavy atom. The van der Waals surface area contributed by atoms with Crippen LogP contribution in [0.3, 0.4) is 0 Å². The van der Waals surface area contributed by atoms with Gasteiger partial charge in [0.2, 0.25) is 0 Å². The van der Waals surface area contributed by atoms with Crippen LogP contribution < -0.4 is 0 Å². The predicted molar refractivity (Wildman–Crippen MR) is 80.8 cm³/mol. The molecule has 2 aromatic heterocycles. The number of likely N-dealkylation sites (tertiary alicyclic amines) is 1. The van der Waals surface area contributed by atoms with Gasteiger partial charge in [-0.1, -0.05) is 0 Å². The number of aryl methyl sites for hydroxylation is 1. The first-order valence-corrected chi connectivity index (χ1v) is 8.03. The number of fused-ring (bicyclic) bond motifs is 1. The molecular weight excluding hydrogens is 296 g/mol. The molecule has 122 valence electrons. The Balaban J connectivity index is 1.65. The number of hydrogen-bond acceptors (Lipinski definition) is 5. The Morgan fingerprint density at radius 2 is 2.22 bits per heavy atom. The summed E-state index contributed by atoms with van der Waals surface area (Å²) in [5.41, 5.74) is 2.75. The van der Waals surface area contributed by atoms with Crippen LogP contribution in [0.5, 0.6) is 0 Å². The topological polar surface area (TPSA) is 99.8 Å². The molecule has 23 heavy (non-hydrogen) atoms. The number of aromatic nitrogens is 5. The highest BCUT2D eigenvalue weighted by Crippen LogP contribution is 2.33. The lowest BCUT2D eigenvalue weighted by Gasteiger charge is -2.22. The minimum absolute atomic E-state index is 0.00354. The van der Waals surface area contributed by atoms with Gasteiger partial charge in [0.15, 0.2) is 5.69 Å². The van der Waals surface area contributed by atoms with Crippen LogP contribution in [0.15, 0.2) is 6.33 Å². The quantitative estimate of drug-likeness (QED) is 0.880. The van der Waals surface area contributed by atoms with Crippen molar-refractivity contribution in [3.05, 3.63) is 29.1 Å². The number of nitrogens with zero attached hydrogens (tertiary/aromatic N) is 4. The minimum Gasteiger partial charge on any atom is -0.380 e. The Morgan fingerprint density at radius 1 is 1.35 bits per heavy atom. The summed E-state index contributed by atoms with van der Waals surface area (Å²) in [6, 6.07) is -0.147. The third kappa shape index (κ3) is 2.42. The fourth-order valence-electron chi connectivity index (χ4n) is 3.62. The predicted octanol–water partition coefficient (Wildman–Crippen LogP) is 1.01. The average Bonchev–Trinajstić information content (AvgIpc) is 3.31. The van der Waals surface area contributed by atoms with Crippen LogP contribution in [0.25, 0.3) is 0 Å². The molecule has 2 aromatic rings. The van der Waals surface area contributed by atoms with Crippen molar-refractivity contribution in [1.29, 1.82) is 0 Å². The molecular formula is C15H20N6O2. The van der Waals surface area contributed by atoms with E-state index in [1.54, 1.807) is 12.0 Å². The highest BCUT2D eigenvalue weighted by atomic mass is 16.5. The second-order valence-corrected chi connectivity index (χ2v) is 6.17. The number of amides is 1. The number of ether oxygens (including phenoxy) is 1. The smallest absolute Gasteiger partial charge is 0.275 e. The second kappa shape index (κ2) is 5.77. The van der Waals surface area contributed by atoms with Crippen molar-refractivity contribution >= 4 is 5.91 Å². The van der Waals surface area contributed by atoms with Gasteiger partial charge in [-0.25, -0.2) is 4.98 Å². The van der Waals surface area contributed by atoms with E-state index in [1.807, 2.05) is 0 Å². The average molecular weight is 316 g/mol. The zero-order valence-electron chi connectivity index (χ0n) is 13.1. The molecule has 0 bridgehead atoms. The van der Waals surface area contributed by atoms with Gasteiger partial charge in [0.05, 0.1) is 12.1 Å². The van der Waals surface area contributed by atoms with Gasteiger partial charge in [-0.2, -0.15) is 10.2 Å². The molecule has 0 radical (unpaired) electrons. The molecule has 4 rings (SSSR count). The van der Waals surface area contributed by atoms with Crippen LogP contribution in [-0.2, 0) is 17.6 Å². The molecule has 1 amide bonds. The van der Waals surface area contributed by atoms with E-state index < -0.39 is 0 Å². The van der Waals surface area contributed by atoms with E-state index in [0.717, 1.165) is 36.9 Å². The molecule has 1 aliphatic heterocycles. The summed E-state index contributed by atoms with van der Waals surface area (Å²) in [5.74, 6) is 0.646. The fourth-order valence-corrected chi connectivity index (χ4v) is 3.62. The number of H-pyrrole nitrogens is 2. The number of aromatic amines is 2. The SMILES string of the molecule is CO[C@@H]1C[C@@H](c2ncn[nH]2)N(C(=O)c2n[nH]c3c2CCCC3)C1. The highest BCUT2D eigenvalue weighted by Gasteiger charge is 2.40. The molecule has 8 nitrogen and oxygen atoms in total. The van der Waals surface area contributed by atoms with Crippen molar-refractivity contribution in [1.82, 2.24) is 30.3 Å². The van der Waals surface area contributed by atoms with Gasteiger partial charge < -0.3 is 9.64 Å².